The number of hydrogen-bond acceptors (Lipinski definition) is 2. The zero-order valence-electron chi connectivity index (χ0n) is 12.0. The van der Waals surface area contributed by atoms with Gasteiger partial charge < -0.3 is 10.6 Å². The first kappa shape index (κ1) is 15.5. The second-order valence-corrected chi connectivity index (χ2v) is 5.57. The molecule has 0 bridgehead atoms. The second-order valence-electron chi connectivity index (χ2n) is 5.57. The van der Waals surface area contributed by atoms with Crippen LogP contribution in [0.3, 0.4) is 0 Å². The number of nitrogens with zero attached hydrogens (tertiary/aromatic N) is 1. The van der Waals surface area contributed by atoms with Crippen LogP contribution < -0.4 is 5.73 Å². The third kappa shape index (κ3) is 5.85. The van der Waals surface area contributed by atoms with E-state index in [1.807, 2.05) is 4.90 Å². The highest BCUT2D eigenvalue weighted by atomic mass is 16.2. The molecule has 2 N–H and O–H groups in total. The fourth-order valence-electron chi connectivity index (χ4n) is 2.83. The van der Waals surface area contributed by atoms with Gasteiger partial charge in [-0.05, 0) is 18.8 Å². The Bertz CT molecular complexity index is 225. The summed E-state index contributed by atoms with van der Waals surface area (Å²) in [4.78, 5) is 14.1. The fourth-order valence-corrected chi connectivity index (χ4v) is 2.83. The van der Waals surface area contributed by atoms with Crippen LogP contribution in [0.25, 0.3) is 0 Å². The maximum Gasteiger partial charge on any atom is 0.222 e. The third-order valence-electron chi connectivity index (χ3n) is 4.02. The lowest BCUT2D eigenvalue weighted by atomic mass is 9.86. The summed E-state index contributed by atoms with van der Waals surface area (Å²) >= 11 is 0. The Balaban J connectivity index is 2.26. The Morgan fingerprint density at radius 3 is 2.56 bits per heavy atom. The minimum absolute atomic E-state index is 0.319. The predicted octanol–water partition coefficient (Wildman–Crippen LogP) is 2.93. The van der Waals surface area contributed by atoms with Gasteiger partial charge in [0.1, 0.15) is 0 Å². The van der Waals surface area contributed by atoms with Crippen molar-refractivity contribution >= 4 is 5.91 Å². The van der Waals surface area contributed by atoms with E-state index in [1.54, 1.807) is 0 Å². The smallest absolute Gasteiger partial charge is 0.222 e. The average Bonchev–Trinajstić information content (AvgIpc) is 2.42. The third-order valence-corrected chi connectivity index (χ3v) is 4.02. The predicted molar refractivity (Wildman–Crippen MR) is 76.4 cm³/mol. The minimum Gasteiger partial charge on any atom is -0.341 e. The average molecular weight is 254 g/mol. The first-order valence-corrected chi connectivity index (χ1v) is 7.75. The molecule has 106 valence electrons. The van der Waals surface area contributed by atoms with E-state index >= 15 is 0 Å². The molecule has 0 aromatic heterocycles. The van der Waals surface area contributed by atoms with Gasteiger partial charge in [-0.25, -0.2) is 0 Å². The van der Waals surface area contributed by atoms with Crippen LogP contribution in [0, 0.1) is 5.92 Å². The molecule has 0 aromatic carbocycles. The highest BCUT2D eigenvalue weighted by molar-refractivity contribution is 5.76. The van der Waals surface area contributed by atoms with E-state index in [1.165, 1.54) is 32.1 Å². The van der Waals surface area contributed by atoms with Gasteiger partial charge in [0.05, 0.1) is 0 Å². The summed E-state index contributed by atoms with van der Waals surface area (Å²) < 4.78 is 0. The van der Waals surface area contributed by atoms with Crippen molar-refractivity contribution in [2.24, 2.45) is 11.7 Å². The zero-order chi connectivity index (χ0) is 13.2. The quantitative estimate of drug-likeness (QED) is 0.724. The Kier molecular flexibility index (Phi) is 8.06. The second kappa shape index (κ2) is 9.37. The molecule has 3 heteroatoms. The molecular formula is C15H30N2O. The summed E-state index contributed by atoms with van der Waals surface area (Å²) in [5, 5.41) is 0. The Hall–Kier alpha value is -0.570. The fraction of sp³-hybridized carbons (Fsp3) is 0.933. The lowest BCUT2D eigenvalue weighted by Crippen LogP contribution is -2.36. The molecule has 1 aliphatic carbocycles. The molecule has 0 saturated heterocycles. The normalized spacial score (nSPS) is 16.8. The molecule has 0 spiro atoms. The number of rotatable bonds is 8. The summed E-state index contributed by atoms with van der Waals surface area (Å²) in [6.07, 6.45) is 10.8. The van der Waals surface area contributed by atoms with Crippen LogP contribution in [0.15, 0.2) is 0 Å². The molecule has 1 rings (SSSR count). The zero-order valence-corrected chi connectivity index (χ0v) is 12.0. The lowest BCUT2D eigenvalue weighted by molar-refractivity contribution is -0.131. The van der Waals surface area contributed by atoms with Crippen molar-refractivity contribution in [2.75, 3.05) is 19.6 Å². The SMILES string of the molecule is CCCCN(CCN)C(=O)CCC1CCCCC1. The van der Waals surface area contributed by atoms with E-state index in [4.69, 9.17) is 5.73 Å². The molecule has 1 amide bonds. The standard InChI is InChI=1S/C15H30N2O/c1-2-3-12-17(13-11-16)15(18)10-9-14-7-5-4-6-8-14/h14H,2-13,16H2,1H3. The minimum atomic E-state index is 0.319. The molecule has 0 aliphatic heterocycles. The number of carbonyl (C=O) groups excluding carboxylic acids is 1. The summed E-state index contributed by atoms with van der Waals surface area (Å²) in [5.41, 5.74) is 5.58. The van der Waals surface area contributed by atoms with Crippen LogP contribution in [0.4, 0.5) is 0 Å². The van der Waals surface area contributed by atoms with E-state index in [-0.39, 0.29) is 0 Å². The van der Waals surface area contributed by atoms with Crippen molar-refractivity contribution in [1.82, 2.24) is 4.90 Å². The van der Waals surface area contributed by atoms with Gasteiger partial charge in [-0.2, -0.15) is 0 Å². The van der Waals surface area contributed by atoms with Crippen LogP contribution >= 0.6 is 0 Å². The number of nitrogens with two attached hydrogens (primary N) is 1. The van der Waals surface area contributed by atoms with Crippen molar-refractivity contribution in [3.8, 4) is 0 Å². The van der Waals surface area contributed by atoms with Gasteiger partial charge in [-0.1, -0.05) is 45.4 Å². The number of unbranched alkanes of at least 4 members (excludes halogenated alkanes) is 1. The molecule has 0 radical (unpaired) electrons. The molecule has 1 aliphatic rings. The van der Waals surface area contributed by atoms with E-state index in [2.05, 4.69) is 6.92 Å². The monoisotopic (exact) mass is 254 g/mol. The summed E-state index contributed by atoms with van der Waals surface area (Å²) in [7, 11) is 0. The van der Waals surface area contributed by atoms with Gasteiger partial charge in [-0.15, -0.1) is 0 Å². The van der Waals surface area contributed by atoms with Gasteiger partial charge in [0.15, 0.2) is 0 Å². The van der Waals surface area contributed by atoms with E-state index in [9.17, 15) is 4.79 Å². The van der Waals surface area contributed by atoms with Gasteiger partial charge in [0, 0.05) is 26.1 Å². The van der Waals surface area contributed by atoms with E-state index < -0.39 is 0 Å². The topological polar surface area (TPSA) is 46.3 Å². The van der Waals surface area contributed by atoms with Crippen LogP contribution in [0.1, 0.15) is 64.7 Å². The van der Waals surface area contributed by atoms with E-state index in [0.29, 0.717) is 12.5 Å². The van der Waals surface area contributed by atoms with Crippen molar-refractivity contribution in [3.63, 3.8) is 0 Å². The number of hydrogen-bond donors (Lipinski definition) is 1. The molecule has 0 unspecified atom stereocenters. The molecule has 3 nitrogen and oxygen atoms in total. The van der Waals surface area contributed by atoms with Crippen molar-refractivity contribution in [1.29, 1.82) is 0 Å². The van der Waals surface area contributed by atoms with Crippen molar-refractivity contribution in [2.45, 2.75) is 64.7 Å². The van der Waals surface area contributed by atoms with Crippen molar-refractivity contribution in [3.05, 3.63) is 0 Å². The first-order chi connectivity index (χ1) is 8.77. The summed E-state index contributed by atoms with van der Waals surface area (Å²) in [6.45, 7) is 4.35. The van der Waals surface area contributed by atoms with Crippen LogP contribution in [-0.4, -0.2) is 30.4 Å². The largest absolute Gasteiger partial charge is 0.341 e. The summed E-state index contributed by atoms with van der Waals surface area (Å²) in [6, 6.07) is 0. The molecule has 1 saturated carbocycles. The lowest BCUT2D eigenvalue weighted by Gasteiger charge is -2.25. The molecule has 0 heterocycles. The maximum atomic E-state index is 12.2. The highest BCUT2D eigenvalue weighted by Crippen LogP contribution is 2.27. The molecule has 0 aromatic rings. The van der Waals surface area contributed by atoms with Gasteiger partial charge in [0.25, 0.3) is 0 Å². The molecule has 1 fully saturated rings. The van der Waals surface area contributed by atoms with Gasteiger partial charge >= 0.3 is 0 Å². The number of carbonyl (C=O) groups is 1. The molecular weight excluding hydrogens is 224 g/mol. The van der Waals surface area contributed by atoms with Gasteiger partial charge in [-0.3, -0.25) is 4.79 Å². The Morgan fingerprint density at radius 1 is 1.22 bits per heavy atom. The van der Waals surface area contributed by atoms with Crippen molar-refractivity contribution < 1.29 is 4.79 Å². The molecule has 0 atom stereocenters. The summed E-state index contributed by atoms with van der Waals surface area (Å²) in [5.74, 6) is 1.12. The Labute approximate surface area is 112 Å². The van der Waals surface area contributed by atoms with E-state index in [0.717, 1.165) is 44.7 Å². The molecule has 18 heavy (non-hydrogen) atoms. The van der Waals surface area contributed by atoms with Gasteiger partial charge in [0.2, 0.25) is 5.91 Å². The maximum absolute atomic E-state index is 12.2. The first-order valence-electron chi connectivity index (χ1n) is 7.75. The van der Waals surface area contributed by atoms with Crippen LogP contribution in [-0.2, 0) is 4.79 Å². The van der Waals surface area contributed by atoms with Crippen LogP contribution in [0.5, 0.6) is 0 Å². The Morgan fingerprint density at radius 2 is 1.94 bits per heavy atom. The highest BCUT2D eigenvalue weighted by Gasteiger charge is 2.17. The number of amides is 1. The van der Waals surface area contributed by atoms with Crippen LogP contribution in [0.2, 0.25) is 0 Å².